The van der Waals surface area contributed by atoms with Crippen LogP contribution in [0, 0.1) is 0 Å². The minimum absolute atomic E-state index is 0.287. The topological polar surface area (TPSA) is 24.5 Å². The van der Waals surface area contributed by atoms with Gasteiger partial charge in [0.2, 0.25) is 0 Å². The summed E-state index contributed by atoms with van der Waals surface area (Å²) in [6.45, 7) is 3.69. The number of hydrogen-bond donors (Lipinski definition) is 1. The molecule has 2 aromatic rings. The molecule has 2 aliphatic heterocycles. The summed E-state index contributed by atoms with van der Waals surface area (Å²) in [5, 5.41) is 4.71. The van der Waals surface area contributed by atoms with E-state index < -0.39 is 0 Å². The van der Waals surface area contributed by atoms with Crippen LogP contribution in [0.4, 0.5) is 0 Å². The average Bonchev–Trinajstić information content (AvgIpc) is 2.73. The molecule has 3 atom stereocenters. The van der Waals surface area contributed by atoms with Crippen LogP contribution in [0.2, 0.25) is 5.02 Å². The van der Waals surface area contributed by atoms with Gasteiger partial charge in [0.1, 0.15) is 0 Å². The van der Waals surface area contributed by atoms with Crippen LogP contribution >= 0.6 is 41.9 Å². The molecule has 6 heteroatoms. The molecule has 0 amide bonds. The van der Waals surface area contributed by atoms with Gasteiger partial charge in [-0.2, -0.15) is 0 Å². The van der Waals surface area contributed by atoms with Crippen molar-refractivity contribution in [2.75, 3.05) is 13.2 Å². The van der Waals surface area contributed by atoms with Gasteiger partial charge in [-0.1, -0.05) is 54.1 Å². The third-order valence-corrected chi connectivity index (χ3v) is 7.86. The number of nitrogens with one attached hydrogen (secondary N) is 1. The molecule has 3 unspecified atom stereocenters. The van der Waals surface area contributed by atoms with Crippen LogP contribution < -0.4 is 5.32 Å². The van der Waals surface area contributed by atoms with Crippen molar-refractivity contribution in [3.8, 4) is 0 Å². The number of fused-ring (bicyclic) bond motifs is 1. The van der Waals surface area contributed by atoms with Crippen molar-refractivity contribution < 1.29 is 4.74 Å². The zero-order chi connectivity index (χ0) is 19.5. The molecule has 1 saturated heterocycles. The number of hydrogen-bond acceptors (Lipinski definition) is 4. The van der Waals surface area contributed by atoms with E-state index in [2.05, 4.69) is 80.2 Å². The van der Waals surface area contributed by atoms with E-state index in [1.165, 1.54) is 22.5 Å². The molecule has 1 fully saturated rings. The first-order valence-corrected chi connectivity index (χ1v) is 13.4. The lowest BCUT2D eigenvalue weighted by Gasteiger charge is -2.44. The molecule has 2 aliphatic rings. The summed E-state index contributed by atoms with van der Waals surface area (Å²) >= 11 is 8.68. The lowest BCUT2D eigenvalue weighted by Crippen LogP contribution is -2.48. The Bertz CT molecular complexity index is 847. The van der Waals surface area contributed by atoms with Gasteiger partial charge in [-0.15, -0.1) is 0 Å². The third kappa shape index (κ3) is 4.38. The predicted octanol–water partition coefficient (Wildman–Crippen LogP) is 6.48. The molecule has 0 bridgehead atoms. The van der Waals surface area contributed by atoms with Crippen molar-refractivity contribution in [3.63, 3.8) is 0 Å². The van der Waals surface area contributed by atoms with E-state index in [9.17, 15) is 0 Å². The lowest BCUT2D eigenvalue weighted by molar-refractivity contribution is 0.167. The number of rotatable bonds is 5. The number of nitrogens with zero attached hydrogens (tertiary/aromatic N) is 1. The Balaban J connectivity index is 1.66. The van der Waals surface area contributed by atoms with Gasteiger partial charge in [-0.05, 0) is 51.3 Å². The lowest BCUT2D eigenvalue weighted by atomic mass is 9.84. The standard InChI is InChI=1S/C22H24ClIN2OS/c1-2-27-22-13-19(15-7-4-3-5-8-15)25-20-12-21(26(28-24)14-18(20)22)16-9-6-10-17(23)11-16/h3-11,19-21,25H,2,12-14H2,1H3. The molecular formula is C22H24ClIN2OS. The highest BCUT2D eigenvalue weighted by atomic mass is 127. The average molecular weight is 527 g/mol. The summed E-state index contributed by atoms with van der Waals surface area (Å²) in [7, 11) is 1.77. The van der Waals surface area contributed by atoms with E-state index in [1.54, 1.807) is 9.12 Å². The van der Waals surface area contributed by atoms with E-state index >= 15 is 0 Å². The number of ether oxygens (including phenoxy) is 1. The molecule has 1 N–H and O–H groups in total. The highest BCUT2D eigenvalue weighted by molar-refractivity contribution is 14.2. The zero-order valence-corrected chi connectivity index (χ0v) is 19.5. The van der Waals surface area contributed by atoms with Crippen molar-refractivity contribution in [2.24, 2.45) is 0 Å². The minimum Gasteiger partial charge on any atom is -0.498 e. The van der Waals surface area contributed by atoms with Crippen molar-refractivity contribution in [2.45, 2.75) is 37.9 Å². The monoisotopic (exact) mass is 526 g/mol. The molecule has 0 radical (unpaired) electrons. The Kier molecular flexibility index (Phi) is 6.89. The van der Waals surface area contributed by atoms with E-state index in [0.717, 1.165) is 24.4 Å². The highest BCUT2D eigenvalue weighted by Gasteiger charge is 2.39. The van der Waals surface area contributed by atoms with Crippen molar-refractivity contribution in [1.82, 2.24) is 9.62 Å². The van der Waals surface area contributed by atoms with Crippen molar-refractivity contribution >= 4 is 41.9 Å². The second-order valence-corrected chi connectivity index (χ2v) is 9.44. The van der Waals surface area contributed by atoms with E-state index in [0.29, 0.717) is 18.7 Å². The van der Waals surface area contributed by atoms with E-state index in [1.807, 2.05) is 12.1 Å². The summed E-state index contributed by atoms with van der Waals surface area (Å²) in [5.41, 5.74) is 4.00. The first kappa shape index (κ1) is 20.5. The fourth-order valence-electron chi connectivity index (χ4n) is 4.25. The Hall–Kier alpha value is -0.730. The molecule has 4 rings (SSSR count). The van der Waals surface area contributed by atoms with E-state index in [-0.39, 0.29) is 6.04 Å². The first-order valence-electron chi connectivity index (χ1n) is 9.66. The van der Waals surface area contributed by atoms with E-state index in [4.69, 9.17) is 16.3 Å². The van der Waals surface area contributed by atoms with Gasteiger partial charge < -0.3 is 10.1 Å². The van der Waals surface area contributed by atoms with Gasteiger partial charge in [0.25, 0.3) is 0 Å². The summed E-state index contributed by atoms with van der Waals surface area (Å²) in [5.74, 6) is 1.17. The van der Waals surface area contributed by atoms with Crippen LogP contribution in [0.5, 0.6) is 0 Å². The molecule has 148 valence electrons. The maximum Gasteiger partial charge on any atom is 0.0999 e. The van der Waals surface area contributed by atoms with Crippen LogP contribution in [0.15, 0.2) is 65.9 Å². The molecule has 0 saturated carbocycles. The Morgan fingerprint density at radius 1 is 1.14 bits per heavy atom. The molecule has 0 spiro atoms. The van der Waals surface area contributed by atoms with Gasteiger partial charge in [0.15, 0.2) is 0 Å². The third-order valence-electron chi connectivity index (χ3n) is 5.55. The quantitative estimate of drug-likeness (QED) is 0.356. The number of piperidine rings is 1. The van der Waals surface area contributed by atoms with Crippen LogP contribution in [0.3, 0.4) is 0 Å². The Labute approximate surface area is 188 Å². The van der Waals surface area contributed by atoms with Crippen LogP contribution in [-0.4, -0.2) is 23.5 Å². The predicted molar refractivity (Wildman–Crippen MR) is 127 cm³/mol. The molecule has 2 heterocycles. The largest absolute Gasteiger partial charge is 0.498 e. The molecule has 28 heavy (non-hydrogen) atoms. The maximum atomic E-state index is 6.29. The molecule has 0 aliphatic carbocycles. The molecular weight excluding hydrogens is 503 g/mol. The summed E-state index contributed by atoms with van der Waals surface area (Å²) in [4.78, 5) is 0. The molecule has 2 aromatic carbocycles. The summed E-state index contributed by atoms with van der Waals surface area (Å²) < 4.78 is 8.58. The van der Waals surface area contributed by atoms with Crippen molar-refractivity contribution in [3.05, 3.63) is 82.1 Å². The maximum absolute atomic E-state index is 6.29. The zero-order valence-electron chi connectivity index (χ0n) is 15.8. The minimum atomic E-state index is 0.287. The smallest absolute Gasteiger partial charge is 0.0999 e. The first-order chi connectivity index (χ1) is 13.7. The van der Waals surface area contributed by atoms with Gasteiger partial charge in [-0.25, -0.2) is 4.31 Å². The highest BCUT2D eigenvalue weighted by Crippen LogP contribution is 2.44. The fraction of sp³-hybridized carbons (Fsp3) is 0.364. The van der Waals surface area contributed by atoms with Gasteiger partial charge in [-0.3, -0.25) is 0 Å². The Morgan fingerprint density at radius 2 is 1.93 bits per heavy atom. The summed E-state index contributed by atoms with van der Waals surface area (Å²) in [6.07, 6.45) is 1.91. The SMILES string of the molecule is CCOC1=C2CN(SI)C(c3cccc(Cl)c3)CC2NC(c2ccccc2)C1. The fourth-order valence-corrected chi connectivity index (χ4v) is 6.19. The normalized spacial score (nSPS) is 25.5. The van der Waals surface area contributed by atoms with Gasteiger partial charge in [0, 0.05) is 57.3 Å². The molecule has 0 aromatic heterocycles. The Morgan fingerprint density at radius 3 is 2.64 bits per heavy atom. The van der Waals surface area contributed by atoms with Crippen LogP contribution in [-0.2, 0) is 4.74 Å². The summed E-state index contributed by atoms with van der Waals surface area (Å²) in [6, 6.07) is 19.9. The van der Waals surface area contributed by atoms with Gasteiger partial charge >= 0.3 is 0 Å². The van der Waals surface area contributed by atoms with Crippen molar-refractivity contribution in [1.29, 1.82) is 0 Å². The number of halogens is 2. The second-order valence-electron chi connectivity index (χ2n) is 7.22. The van der Waals surface area contributed by atoms with Crippen LogP contribution in [0.25, 0.3) is 0 Å². The molecule has 3 nitrogen and oxygen atoms in total. The number of benzene rings is 2. The second kappa shape index (κ2) is 9.39. The van der Waals surface area contributed by atoms with Gasteiger partial charge in [0.05, 0.1) is 12.4 Å². The van der Waals surface area contributed by atoms with Crippen LogP contribution in [0.1, 0.15) is 43.0 Å².